The number of aliphatic hydroxyl groups is 10. The van der Waals surface area contributed by atoms with E-state index in [-0.39, 0.29) is 88.3 Å². The summed E-state index contributed by atoms with van der Waals surface area (Å²) in [5.74, 6) is -16.5. The molecule has 23 atom stereocenters. The molecule has 0 saturated carbocycles. The van der Waals surface area contributed by atoms with Crippen molar-refractivity contribution in [2.24, 2.45) is 11.7 Å². The lowest BCUT2D eigenvalue weighted by molar-refractivity contribution is -0.284. The standard InChI is InChI=1S/C100H127Cl2N15O32/c1-47(2)8-6-4-5-7-9-73(126)111-80-86(131)83(128)71(45-119)146-99(80)149-90-68-40-55-41-69(90)144-66-19-14-52(38-62(66)102)89(148-98-79(109-48(3)121)85(130)82(127)70(44-118)145-98)81(96(139)115-78(54-35-58(124)43-60(37-54)142-100-88(133)87(132)84(129)72(46-120)147-100)97(140)117-30-28-107-26-24-105-22-20-104-21-23-106-25-27-108-29-31-117)116-93(136)75(50-11-15-56(122)16-12-50)113-95(138)77(55)114-94(137)76-53-34-57(123)42-59(36-53)141-67-39-51(13-17-64(67)125)74(103)92(135)110-63(91(134)112-76)33-49-10-18-65(143-68)61(101)32-49/h10-19,32,34-43,47,63,70-72,74-89,98-100,104-108,118-120,122-125,127-133H,4-9,20-31,33,44-46,103H2,1-3H3,(H,109,121)(H,110,135)(H,111,126)(H,112,134)(H,113,138)(H,114,137)(H,115,139)(H,116,136). The third-order valence-electron chi connectivity index (χ3n) is 26.2. The van der Waals surface area contributed by atoms with E-state index in [9.17, 15) is 85.9 Å². The molecule has 13 bridgehead atoms. The summed E-state index contributed by atoms with van der Waals surface area (Å²) in [6.45, 7) is 6.13. The van der Waals surface area contributed by atoms with E-state index >= 15 is 28.8 Å². The largest absolute Gasteiger partial charge is 0.508 e. The quantitative estimate of drug-likeness (QED) is 0.0333. The predicted molar refractivity (Wildman–Crippen MR) is 527 cm³/mol. The third kappa shape index (κ3) is 28.5. The number of aliphatic hydroxyl groups excluding tert-OH is 10. The van der Waals surface area contributed by atoms with E-state index in [4.69, 9.17) is 71.6 Å². The zero-order chi connectivity index (χ0) is 107. The topological polar surface area (TPSA) is 706 Å². The number of nitrogens with zero attached hydrogens (tertiary/aromatic N) is 1. The summed E-state index contributed by atoms with van der Waals surface area (Å²) >= 11 is 15.0. The molecule has 808 valence electrons. The Kier molecular flexibility index (Phi) is 39.2. The number of hydrogen-bond donors (Lipinski definition) is 28. The van der Waals surface area contributed by atoms with Crippen LogP contribution in [0, 0.1) is 5.92 Å². The van der Waals surface area contributed by atoms with Crippen LogP contribution in [0.3, 0.4) is 0 Å². The molecule has 9 heterocycles. The van der Waals surface area contributed by atoms with Crippen LogP contribution in [0.4, 0.5) is 0 Å². The maximum Gasteiger partial charge on any atom is 0.249 e. The van der Waals surface area contributed by atoms with E-state index in [2.05, 4.69) is 83.0 Å². The van der Waals surface area contributed by atoms with Crippen LogP contribution in [0.2, 0.25) is 10.0 Å². The van der Waals surface area contributed by atoms with Crippen molar-refractivity contribution in [3.63, 3.8) is 0 Å². The number of carbonyl (C=O) groups excluding carboxylic acids is 9. The molecule has 4 fully saturated rings. The number of nitrogens with two attached hydrogens (primary N) is 1. The highest BCUT2D eigenvalue weighted by atomic mass is 35.5. The minimum absolute atomic E-state index is 0.0415. The highest BCUT2D eigenvalue weighted by molar-refractivity contribution is 6.32. The lowest BCUT2D eigenvalue weighted by atomic mass is 9.95. The zero-order valence-corrected chi connectivity index (χ0v) is 82.9. The number of nitrogens with one attached hydrogen (secondary N) is 13. The van der Waals surface area contributed by atoms with Gasteiger partial charge in [0.2, 0.25) is 71.5 Å². The van der Waals surface area contributed by atoms with Crippen molar-refractivity contribution in [2.75, 3.05) is 98.4 Å². The first-order valence-electron chi connectivity index (χ1n) is 49.0. The highest BCUT2D eigenvalue weighted by Crippen LogP contribution is 2.50. The molecule has 23 unspecified atom stereocenters. The molecule has 9 aliphatic heterocycles. The SMILES string of the molecule is CC(=O)NC1C(OC2c3ccc(c(Cl)c3)Oc3cc4cc(c3OC3OC(CO)C(O)C(O)C3NC(=O)CCCCCCC(C)C)Oc3ccc(cc3Cl)CC3NC(=O)C(N)c5ccc(O)c(c5)Oc5cc(O)cc(c5)C(NC3=O)C(=O)NC4C(=O)NC(c3ccc(O)cc3)C(=O)NC2C(=O)NC(C(=O)N2CCNCCNCCNCCNCCNCC2)c2cc(O)cc(OC3OC(CO)C(O)C(O)C3O)c2)OC(CO)C(O)C1O. The summed E-state index contributed by atoms with van der Waals surface area (Å²) < 4.78 is 58.2. The number of amides is 9. The summed E-state index contributed by atoms with van der Waals surface area (Å²) in [4.78, 5) is 144. The number of ether oxygens (including phenoxy) is 9. The number of phenolic OH excluding ortho intramolecular Hbond substituents is 4. The highest BCUT2D eigenvalue weighted by Gasteiger charge is 2.52. The lowest BCUT2D eigenvalue weighted by Crippen LogP contribution is -2.65. The normalized spacial score (nSPS) is 27.9. The van der Waals surface area contributed by atoms with Crippen molar-refractivity contribution in [2.45, 2.75) is 206 Å². The van der Waals surface area contributed by atoms with Gasteiger partial charge in [-0.3, -0.25) is 43.2 Å². The van der Waals surface area contributed by atoms with Crippen molar-refractivity contribution < 1.29 is 157 Å². The van der Waals surface area contributed by atoms with Crippen molar-refractivity contribution in [1.82, 2.24) is 74.0 Å². The molecule has 49 heteroatoms. The van der Waals surface area contributed by atoms with Gasteiger partial charge < -0.3 is 194 Å². The molecule has 0 radical (unpaired) electrons. The minimum Gasteiger partial charge on any atom is -0.508 e. The van der Waals surface area contributed by atoms with Crippen LogP contribution in [0.25, 0.3) is 0 Å². The first-order valence-corrected chi connectivity index (χ1v) is 49.8. The molecule has 7 aromatic rings. The average molecular weight is 2120 g/mol. The Morgan fingerprint density at radius 3 is 1.58 bits per heavy atom. The van der Waals surface area contributed by atoms with Crippen LogP contribution < -0.4 is 98.5 Å². The fraction of sp³-hybridized carbons (Fsp3) is 0.490. The maximum atomic E-state index is 17.2. The second-order valence-corrected chi connectivity index (χ2v) is 38.4. The molecule has 9 amide bonds. The first-order chi connectivity index (χ1) is 71.4. The molecule has 0 aliphatic carbocycles. The second kappa shape index (κ2) is 52.0. The van der Waals surface area contributed by atoms with Gasteiger partial charge in [0.15, 0.2) is 29.3 Å². The Hall–Kier alpha value is -12.2. The molecular weight excluding hydrogens is 1990 g/mol. The van der Waals surface area contributed by atoms with E-state index in [1.165, 1.54) is 41.3 Å². The van der Waals surface area contributed by atoms with E-state index in [1.54, 1.807) is 0 Å². The molecule has 47 nitrogen and oxygen atoms in total. The Morgan fingerprint density at radius 2 is 0.987 bits per heavy atom. The fourth-order valence-electron chi connectivity index (χ4n) is 18.1. The first kappa shape index (κ1) is 112. The molecule has 16 rings (SSSR count). The van der Waals surface area contributed by atoms with Crippen molar-refractivity contribution >= 4 is 76.4 Å². The Labute approximate surface area is 864 Å². The summed E-state index contributed by atoms with van der Waals surface area (Å²) in [5.41, 5.74) is 4.96. The van der Waals surface area contributed by atoms with Gasteiger partial charge in [0.25, 0.3) is 0 Å². The number of benzene rings is 7. The number of rotatable bonds is 23. The molecule has 7 aromatic carbocycles. The van der Waals surface area contributed by atoms with Gasteiger partial charge in [-0.25, -0.2) is 0 Å². The average Bonchev–Trinajstić information content (AvgIpc) is 0.762. The van der Waals surface area contributed by atoms with E-state index < -0.39 is 282 Å². The number of fused-ring (bicyclic) bond motifs is 15. The Bertz CT molecular complexity index is 5830. The van der Waals surface area contributed by atoms with Gasteiger partial charge in [0.05, 0.1) is 29.9 Å². The van der Waals surface area contributed by atoms with Gasteiger partial charge in [-0.1, -0.05) is 93.1 Å². The molecule has 4 saturated heterocycles. The van der Waals surface area contributed by atoms with E-state index in [1.807, 2.05) is 0 Å². The van der Waals surface area contributed by atoms with Crippen LogP contribution in [0.5, 0.6) is 69.0 Å². The van der Waals surface area contributed by atoms with Gasteiger partial charge in [-0.15, -0.1) is 0 Å². The van der Waals surface area contributed by atoms with Crippen LogP contribution in [0.1, 0.15) is 135 Å². The van der Waals surface area contributed by atoms with E-state index in [0.717, 1.165) is 117 Å². The summed E-state index contributed by atoms with van der Waals surface area (Å²) in [7, 11) is 0. The molecule has 149 heavy (non-hydrogen) atoms. The summed E-state index contributed by atoms with van der Waals surface area (Å²) in [5, 5.41) is 196. The predicted octanol–water partition coefficient (Wildman–Crippen LogP) is -1.26. The van der Waals surface area contributed by atoms with Gasteiger partial charge in [-0.05, 0) is 136 Å². The molecule has 9 aliphatic rings. The number of phenols is 4. The van der Waals surface area contributed by atoms with Gasteiger partial charge in [-0.2, -0.15) is 0 Å². The van der Waals surface area contributed by atoms with Crippen LogP contribution in [-0.4, -0.2) is 332 Å². The van der Waals surface area contributed by atoms with Crippen LogP contribution in [-0.2, 0) is 68.5 Å². The number of unbranched alkanes of at least 4 members (excludes halogenated alkanes) is 3. The summed E-state index contributed by atoms with van der Waals surface area (Å²) in [6.07, 6.45) is -25.0. The van der Waals surface area contributed by atoms with Crippen molar-refractivity contribution in [1.29, 1.82) is 0 Å². The van der Waals surface area contributed by atoms with Gasteiger partial charge >= 0.3 is 0 Å². The number of halogens is 2. The number of hydrogen-bond acceptors (Lipinski definition) is 38. The molecule has 29 N–H and O–H groups in total. The zero-order valence-electron chi connectivity index (χ0n) is 81.4. The van der Waals surface area contributed by atoms with E-state index in [0.29, 0.717) is 71.1 Å². The number of aromatic hydroxyl groups is 4. The minimum atomic E-state index is -2.57. The smallest absolute Gasteiger partial charge is 0.249 e. The van der Waals surface area contributed by atoms with Gasteiger partial charge in [0.1, 0.15) is 162 Å². The Morgan fingerprint density at radius 1 is 0.470 bits per heavy atom. The second-order valence-electron chi connectivity index (χ2n) is 37.6. The Balaban J connectivity index is 0.995. The van der Waals surface area contributed by atoms with Crippen LogP contribution >= 0.6 is 23.2 Å². The van der Waals surface area contributed by atoms with Crippen molar-refractivity contribution in [3.8, 4) is 69.0 Å². The number of carbonyl (C=O) groups is 9. The third-order valence-corrected chi connectivity index (χ3v) is 26.7. The van der Waals surface area contributed by atoms with Crippen molar-refractivity contribution in [3.05, 3.63) is 176 Å². The van der Waals surface area contributed by atoms with Crippen LogP contribution in [0.15, 0.2) is 127 Å². The van der Waals surface area contributed by atoms with Gasteiger partial charge in [0, 0.05) is 110 Å². The molecule has 0 aromatic heterocycles. The summed E-state index contributed by atoms with van der Waals surface area (Å²) in [6, 6.07) is 5.06. The lowest BCUT2D eigenvalue weighted by Gasteiger charge is -2.44. The maximum absolute atomic E-state index is 17.2. The molecule has 0 spiro atoms. The fourth-order valence-corrected chi connectivity index (χ4v) is 18.6. The monoisotopic (exact) mass is 2120 g/mol. The molecular formula is C100H127Cl2N15O32.